The van der Waals surface area contributed by atoms with Gasteiger partial charge >= 0.3 is 0 Å². The first-order chi connectivity index (χ1) is 12.0. The van der Waals surface area contributed by atoms with Gasteiger partial charge in [-0.25, -0.2) is 0 Å². The lowest BCUT2D eigenvalue weighted by Gasteiger charge is -2.22. The second-order valence-corrected chi connectivity index (χ2v) is 5.95. The number of hydrogen-bond acceptors (Lipinski definition) is 6. The Morgan fingerprint density at radius 2 is 2.08 bits per heavy atom. The summed E-state index contributed by atoms with van der Waals surface area (Å²) in [5, 5.41) is 32.0. The molecule has 0 unspecified atom stereocenters. The third-order valence-corrected chi connectivity index (χ3v) is 3.93. The molecular formula is C17H16N6O2. The average Bonchev–Trinajstić information content (AvgIpc) is 3.03. The van der Waals surface area contributed by atoms with Crippen LogP contribution in [0.25, 0.3) is 5.65 Å². The van der Waals surface area contributed by atoms with E-state index in [0.29, 0.717) is 11.5 Å². The van der Waals surface area contributed by atoms with Crippen LogP contribution in [0.2, 0.25) is 0 Å². The van der Waals surface area contributed by atoms with E-state index in [0.717, 1.165) is 5.65 Å². The van der Waals surface area contributed by atoms with Crippen LogP contribution in [0.15, 0.2) is 42.6 Å². The predicted octanol–water partition coefficient (Wildman–Crippen LogP) is 3.32. The lowest BCUT2D eigenvalue weighted by molar-refractivity contribution is -0.384. The minimum Gasteiger partial charge on any atom is -0.374 e. The highest BCUT2D eigenvalue weighted by atomic mass is 16.6. The third-order valence-electron chi connectivity index (χ3n) is 3.93. The van der Waals surface area contributed by atoms with Crippen LogP contribution in [0.4, 0.5) is 11.4 Å². The van der Waals surface area contributed by atoms with Crippen LogP contribution in [0.1, 0.15) is 31.3 Å². The van der Waals surface area contributed by atoms with E-state index in [9.17, 15) is 15.4 Å². The summed E-state index contributed by atoms with van der Waals surface area (Å²) in [7, 11) is 0. The molecule has 3 aromatic rings. The van der Waals surface area contributed by atoms with E-state index in [2.05, 4.69) is 15.5 Å². The molecule has 0 radical (unpaired) electrons. The molecular weight excluding hydrogens is 320 g/mol. The van der Waals surface area contributed by atoms with E-state index in [4.69, 9.17) is 0 Å². The molecule has 2 aromatic heterocycles. The smallest absolute Gasteiger partial charge is 0.270 e. The number of nitro groups is 1. The van der Waals surface area contributed by atoms with E-state index in [1.54, 1.807) is 6.07 Å². The Bertz CT molecular complexity index is 973. The first kappa shape index (κ1) is 16.4. The lowest BCUT2D eigenvalue weighted by Crippen LogP contribution is -2.20. The van der Waals surface area contributed by atoms with Gasteiger partial charge in [-0.3, -0.25) is 14.5 Å². The molecule has 2 heterocycles. The number of rotatable bonds is 5. The van der Waals surface area contributed by atoms with Gasteiger partial charge in [0, 0.05) is 18.3 Å². The molecule has 0 amide bonds. The van der Waals surface area contributed by atoms with E-state index >= 15 is 0 Å². The quantitative estimate of drug-likeness (QED) is 0.565. The molecule has 0 spiro atoms. The largest absolute Gasteiger partial charge is 0.374 e. The van der Waals surface area contributed by atoms with E-state index in [1.165, 1.54) is 12.1 Å². The Kier molecular flexibility index (Phi) is 4.31. The molecule has 0 bridgehead atoms. The normalized spacial score (nSPS) is 12.1. The summed E-state index contributed by atoms with van der Waals surface area (Å²) >= 11 is 0. The number of pyridine rings is 1. The first-order valence-corrected chi connectivity index (χ1v) is 7.76. The fraction of sp³-hybridized carbons (Fsp3) is 0.235. The van der Waals surface area contributed by atoms with Crippen LogP contribution in [-0.4, -0.2) is 19.5 Å². The Morgan fingerprint density at radius 3 is 2.76 bits per heavy atom. The minimum atomic E-state index is -0.517. The zero-order valence-electron chi connectivity index (χ0n) is 13.7. The van der Waals surface area contributed by atoms with Crippen molar-refractivity contribution in [3.63, 3.8) is 0 Å². The average molecular weight is 336 g/mol. The molecule has 126 valence electrons. The summed E-state index contributed by atoms with van der Waals surface area (Å²) in [6, 6.07) is 11.6. The lowest BCUT2D eigenvalue weighted by atomic mass is 10.0. The van der Waals surface area contributed by atoms with Gasteiger partial charge in [-0.1, -0.05) is 19.9 Å². The topological polar surface area (TPSA) is 109 Å². The number of nitriles is 1. The molecule has 0 saturated heterocycles. The monoisotopic (exact) mass is 336 g/mol. The number of nitro benzene ring substituents is 1. The standard InChI is InChI=1S/C17H16N6O2/c1-11(2)16(17-21-20-15-5-3-4-8-22(15)17)19-14-7-6-13(23(24)25)9-12(14)10-18/h3-9,11,16,19H,1-2H3/t16-/m0/s1. The molecule has 0 fully saturated rings. The SMILES string of the molecule is CC(C)[C@H](Nc1ccc([N+](=O)[O-])cc1C#N)c1nnc2ccccn12. The fourth-order valence-corrected chi connectivity index (χ4v) is 2.63. The van der Waals surface area contributed by atoms with Gasteiger partial charge in [0.05, 0.1) is 22.2 Å². The summed E-state index contributed by atoms with van der Waals surface area (Å²) in [5.74, 6) is 0.863. The molecule has 8 heteroatoms. The molecule has 1 aromatic carbocycles. The molecule has 1 N–H and O–H groups in total. The molecule has 25 heavy (non-hydrogen) atoms. The Morgan fingerprint density at radius 1 is 1.28 bits per heavy atom. The van der Waals surface area contributed by atoms with E-state index in [1.807, 2.05) is 48.7 Å². The number of non-ortho nitro benzene ring substituents is 1. The highest BCUT2D eigenvalue weighted by Gasteiger charge is 2.23. The van der Waals surface area contributed by atoms with Gasteiger partial charge in [0.15, 0.2) is 11.5 Å². The van der Waals surface area contributed by atoms with Gasteiger partial charge in [0.2, 0.25) is 0 Å². The molecule has 3 rings (SSSR count). The highest BCUT2D eigenvalue weighted by molar-refractivity contribution is 5.62. The van der Waals surface area contributed by atoms with Crippen LogP contribution in [-0.2, 0) is 0 Å². The van der Waals surface area contributed by atoms with Crippen LogP contribution in [0, 0.1) is 27.4 Å². The summed E-state index contributed by atoms with van der Waals surface area (Å²) < 4.78 is 1.88. The van der Waals surface area contributed by atoms with Gasteiger partial charge in [0.1, 0.15) is 6.07 Å². The number of nitrogens with zero attached hydrogens (tertiary/aromatic N) is 5. The zero-order chi connectivity index (χ0) is 18.0. The molecule has 8 nitrogen and oxygen atoms in total. The second-order valence-electron chi connectivity index (χ2n) is 5.95. The highest BCUT2D eigenvalue weighted by Crippen LogP contribution is 2.29. The molecule has 1 atom stereocenters. The number of anilines is 1. The maximum absolute atomic E-state index is 10.9. The Labute approximate surface area is 143 Å². The molecule has 0 aliphatic heterocycles. The second kappa shape index (κ2) is 6.57. The Balaban J connectivity index is 2.01. The maximum Gasteiger partial charge on any atom is 0.270 e. The molecule has 0 saturated carbocycles. The maximum atomic E-state index is 10.9. The van der Waals surface area contributed by atoms with Crippen molar-refractivity contribution in [3.8, 4) is 6.07 Å². The van der Waals surface area contributed by atoms with Gasteiger partial charge in [-0.2, -0.15) is 5.26 Å². The predicted molar refractivity (Wildman–Crippen MR) is 92.0 cm³/mol. The van der Waals surface area contributed by atoms with Crippen molar-refractivity contribution in [2.24, 2.45) is 5.92 Å². The number of benzene rings is 1. The van der Waals surface area contributed by atoms with E-state index in [-0.39, 0.29) is 23.2 Å². The van der Waals surface area contributed by atoms with Gasteiger partial charge in [0.25, 0.3) is 5.69 Å². The van der Waals surface area contributed by atoms with Crippen molar-refractivity contribution in [1.82, 2.24) is 14.6 Å². The summed E-state index contributed by atoms with van der Waals surface area (Å²) in [5.41, 5.74) is 1.36. The van der Waals surface area contributed by atoms with Crippen LogP contribution in [0.5, 0.6) is 0 Å². The fourth-order valence-electron chi connectivity index (χ4n) is 2.63. The zero-order valence-corrected chi connectivity index (χ0v) is 13.7. The van der Waals surface area contributed by atoms with Crippen LogP contribution < -0.4 is 5.32 Å². The number of nitrogens with one attached hydrogen (secondary N) is 1. The van der Waals surface area contributed by atoms with Crippen LogP contribution >= 0.6 is 0 Å². The van der Waals surface area contributed by atoms with Crippen molar-refractivity contribution in [1.29, 1.82) is 5.26 Å². The summed E-state index contributed by atoms with van der Waals surface area (Å²) in [6.07, 6.45) is 1.88. The van der Waals surface area contributed by atoms with Gasteiger partial charge < -0.3 is 5.32 Å². The summed E-state index contributed by atoms with van der Waals surface area (Å²) in [4.78, 5) is 10.4. The van der Waals surface area contributed by atoms with Crippen LogP contribution in [0.3, 0.4) is 0 Å². The minimum absolute atomic E-state index is 0.115. The third kappa shape index (κ3) is 3.12. The van der Waals surface area contributed by atoms with Gasteiger partial charge in [-0.15, -0.1) is 10.2 Å². The van der Waals surface area contributed by atoms with Crippen molar-refractivity contribution in [2.75, 3.05) is 5.32 Å². The van der Waals surface area contributed by atoms with Crippen molar-refractivity contribution in [2.45, 2.75) is 19.9 Å². The van der Waals surface area contributed by atoms with E-state index < -0.39 is 4.92 Å². The van der Waals surface area contributed by atoms with Crippen molar-refractivity contribution in [3.05, 3.63) is 64.1 Å². The molecule has 0 aliphatic carbocycles. The molecule has 0 aliphatic rings. The van der Waals surface area contributed by atoms with Crippen molar-refractivity contribution >= 4 is 17.0 Å². The Hall–Kier alpha value is -3.47. The first-order valence-electron chi connectivity index (χ1n) is 7.76. The number of fused-ring (bicyclic) bond motifs is 1. The number of aromatic nitrogens is 3. The van der Waals surface area contributed by atoms with Crippen molar-refractivity contribution < 1.29 is 4.92 Å². The van der Waals surface area contributed by atoms with Gasteiger partial charge in [-0.05, 0) is 24.1 Å². The summed E-state index contributed by atoms with van der Waals surface area (Å²) in [6.45, 7) is 4.05. The number of hydrogen-bond donors (Lipinski definition) is 1.